The Bertz CT molecular complexity index is 272. The summed E-state index contributed by atoms with van der Waals surface area (Å²) in [5.74, 6) is 5.14. The Balaban J connectivity index is 2.58. The van der Waals surface area contributed by atoms with E-state index in [2.05, 4.69) is 24.2 Å². The minimum Gasteiger partial charge on any atom is -0.302 e. The van der Waals surface area contributed by atoms with Gasteiger partial charge in [-0.05, 0) is 45.1 Å². The monoisotopic (exact) mass is 241 g/mol. The SMILES string of the molecule is CCC1(CC)CCN(CC(C)(C)C(=O)NN)C1. The van der Waals surface area contributed by atoms with E-state index in [0.717, 1.165) is 19.6 Å². The molecule has 0 aromatic heterocycles. The molecule has 0 aliphatic carbocycles. The maximum absolute atomic E-state index is 11.7. The highest BCUT2D eigenvalue weighted by Crippen LogP contribution is 2.38. The minimum atomic E-state index is -0.410. The number of hydrazine groups is 1. The van der Waals surface area contributed by atoms with E-state index in [1.54, 1.807) is 0 Å². The number of likely N-dealkylation sites (tertiary alicyclic amines) is 1. The number of nitrogens with zero attached hydrogens (tertiary/aromatic N) is 1. The lowest BCUT2D eigenvalue weighted by molar-refractivity contribution is -0.130. The van der Waals surface area contributed by atoms with Crippen LogP contribution in [0, 0.1) is 10.8 Å². The maximum atomic E-state index is 11.7. The van der Waals surface area contributed by atoms with E-state index in [9.17, 15) is 4.79 Å². The van der Waals surface area contributed by atoms with Gasteiger partial charge in [0.1, 0.15) is 0 Å². The Morgan fingerprint density at radius 2 is 2.00 bits per heavy atom. The second-order valence-corrected chi connectivity index (χ2v) is 6.03. The molecule has 0 aromatic rings. The Labute approximate surface area is 105 Å². The summed E-state index contributed by atoms with van der Waals surface area (Å²) in [4.78, 5) is 14.1. The molecule has 0 bridgehead atoms. The number of rotatable bonds is 5. The van der Waals surface area contributed by atoms with Crippen LogP contribution in [0.25, 0.3) is 0 Å². The second-order valence-electron chi connectivity index (χ2n) is 6.03. The second kappa shape index (κ2) is 5.36. The summed E-state index contributed by atoms with van der Waals surface area (Å²) in [5, 5.41) is 0. The van der Waals surface area contributed by atoms with Crippen LogP contribution in [0.5, 0.6) is 0 Å². The summed E-state index contributed by atoms with van der Waals surface area (Å²) in [5.41, 5.74) is 2.32. The maximum Gasteiger partial charge on any atom is 0.240 e. The van der Waals surface area contributed by atoms with E-state index in [1.807, 2.05) is 13.8 Å². The van der Waals surface area contributed by atoms with Crippen LogP contribution in [0.3, 0.4) is 0 Å². The molecular weight excluding hydrogens is 214 g/mol. The van der Waals surface area contributed by atoms with Crippen molar-refractivity contribution >= 4 is 5.91 Å². The summed E-state index contributed by atoms with van der Waals surface area (Å²) in [6.45, 7) is 11.4. The summed E-state index contributed by atoms with van der Waals surface area (Å²) in [7, 11) is 0. The molecule has 1 saturated heterocycles. The third kappa shape index (κ3) is 3.19. The highest BCUT2D eigenvalue weighted by molar-refractivity contribution is 5.81. The van der Waals surface area contributed by atoms with E-state index in [0.29, 0.717) is 5.41 Å². The Hall–Kier alpha value is -0.610. The zero-order valence-corrected chi connectivity index (χ0v) is 11.7. The molecule has 1 fully saturated rings. The lowest BCUT2D eigenvalue weighted by Gasteiger charge is -2.31. The van der Waals surface area contributed by atoms with Crippen molar-refractivity contribution in [3.63, 3.8) is 0 Å². The molecular formula is C13H27N3O. The minimum absolute atomic E-state index is 0.0806. The lowest BCUT2D eigenvalue weighted by Crippen LogP contribution is -2.47. The van der Waals surface area contributed by atoms with Crippen molar-refractivity contribution in [3.8, 4) is 0 Å². The topological polar surface area (TPSA) is 58.4 Å². The molecule has 0 unspecified atom stereocenters. The van der Waals surface area contributed by atoms with E-state index in [-0.39, 0.29) is 5.91 Å². The van der Waals surface area contributed by atoms with Crippen LogP contribution >= 0.6 is 0 Å². The fourth-order valence-corrected chi connectivity index (χ4v) is 2.82. The number of nitrogens with one attached hydrogen (secondary N) is 1. The van der Waals surface area contributed by atoms with Gasteiger partial charge in [-0.2, -0.15) is 0 Å². The number of carbonyl (C=O) groups excluding carboxylic acids is 1. The largest absolute Gasteiger partial charge is 0.302 e. The molecule has 4 heteroatoms. The van der Waals surface area contributed by atoms with Crippen molar-refractivity contribution in [2.75, 3.05) is 19.6 Å². The van der Waals surface area contributed by atoms with Crippen LogP contribution in [0.15, 0.2) is 0 Å². The van der Waals surface area contributed by atoms with Gasteiger partial charge in [-0.25, -0.2) is 5.84 Å². The lowest BCUT2D eigenvalue weighted by atomic mass is 9.82. The molecule has 0 atom stereocenters. The van der Waals surface area contributed by atoms with E-state index < -0.39 is 5.41 Å². The van der Waals surface area contributed by atoms with Gasteiger partial charge in [0.05, 0.1) is 5.41 Å². The summed E-state index contributed by atoms with van der Waals surface area (Å²) in [6.07, 6.45) is 3.70. The average Bonchev–Trinajstić information content (AvgIpc) is 2.71. The molecule has 0 radical (unpaired) electrons. The van der Waals surface area contributed by atoms with Crippen LogP contribution in [-0.4, -0.2) is 30.4 Å². The van der Waals surface area contributed by atoms with Gasteiger partial charge in [0, 0.05) is 13.1 Å². The van der Waals surface area contributed by atoms with E-state index >= 15 is 0 Å². The molecule has 1 aliphatic heterocycles. The molecule has 4 nitrogen and oxygen atoms in total. The first-order valence-corrected chi connectivity index (χ1v) is 6.62. The van der Waals surface area contributed by atoms with Gasteiger partial charge in [0.2, 0.25) is 5.91 Å². The molecule has 0 saturated carbocycles. The Kier molecular flexibility index (Phi) is 4.55. The Morgan fingerprint density at radius 3 is 2.41 bits per heavy atom. The quantitative estimate of drug-likeness (QED) is 0.436. The van der Waals surface area contributed by atoms with Crippen LogP contribution in [0.2, 0.25) is 0 Å². The number of hydrogen-bond donors (Lipinski definition) is 2. The van der Waals surface area contributed by atoms with Crippen molar-refractivity contribution in [3.05, 3.63) is 0 Å². The average molecular weight is 241 g/mol. The normalized spacial score (nSPS) is 20.5. The fraction of sp³-hybridized carbons (Fsp3) is 0.923. The first-order chi connectivity index (χ1) is 7.89. The highest BCUT2D eigenvalue weighted by atomic mass is 16.2. The summed E-state index contributed by atoms with van der Waals surface area (Å²) in [6, 6.07) is 0. The summed E-state index contributed by atoms with van der Waals surface area (Å²) < 4.78 is 0. The van der Waals surface area contributed by atoms with Crippen molar-refractivity contribution in [1.82, 2.24) is 10.3 Å². The highest BCUT2D eigenvalue weighted by Gasteiger charge is 2.38. The van der Waals surface area contributed by atoms with Crippen LogP contribution < -0.4 is 11.3 Å². The van der Waals surface area contributed by atoms with Gasteiger partial charge in [-0.15, -0.1) is 0 Å². The van der Waals surface area contributed by atoms with Crippen molar-refractivity contribution < 1.29 is 4.79 Å². The molecule has 1 aliphatic rings. The third-order valence-corrected chi connectivity index (χ3v) is 4.38. The number of amides is 1. The van der Waals surface area contributed by atoms with Gasteiger partial charge in [0.25, 0.3) is 0 Å². The first-order valence-electron chi connectivity index (χ1n) is 6.62. The predicted octanol–water partition coefficient (Wildman–Crippen LogP) is 1.51. The van der Waals surface area contributed by atoms with Gasteiger partial charge in [-0.1, -0.05) is 13.8 Å². The van der Waals surface area contributed by atoms with Gasteiger partial charge in [-0.3, -0.25) is 10.2 Å². The predicted molar refractivity (Wildman–Crippen MR) is 70.2 cm³/mol. The molecule has 0 aromatic carbocycles. The molecule has 100 valence electrons. The Morgan fingerprint density at radius 1 is 1.41 bits per heavy atom. The first kappa shape index (κ1) is 14.5. The molecule has 0 spiro atoms. The summed E-state index contributed by atoms with van der Waals surface area (Å²) >= 11 is 0. The van der Waals surface area contributed by atoms with Crippen LogP contribution in [0.1, 0.15) is 47.0 Å². The number of hydrogen-bond acceptors (Lipinski definition) is 3. The fourth-order valence-electron chi connectivity index (χ4n) is 2.82. The molecule has 1 rings (SSSR count). The standard InChI is InChI=1S/C13H27N3O/c1-5-13(6-2)7-8-16(10-13)9-12(3,4)11(17)15-14/h5-10,14H2,1-4H3,(H,15,17). The smallest absolute Gasteiger partial charge is 0.240 e. The van der Waals surface area contributed by atoms with E-state index in [1.165, 1.54) is 19.3 Å². The van der Waals surface area contributed by atoms with E-state index in [4.69, 9.17) is 5.84 Å². The zero-order valence-electron chi connectivity index (χ0n) is 11.7. The van der Waals surface area contributed by atoms with Gasteiger partial charge in [0.15, 0.2) is 0 Å². The zero-order chi connectivity index (χ0) is 13.1. The third-order valence-electron chi connectivity index (χ3n) is 4.38. The number of nitrogens with two attached hydrogens (primary N) is 1. The molecule has 1 amide bonds. The van der Waals surface area contributed by atoms with Crippen molar-refractivity contribution in [2.45, 2.75) is 47.0 Å². The molecule has 3 N–H and O–H groups in total. The van der Waals surface area contributed by atoms with Gasteiger partial charge >= 0.3 is 0 Å². The molecule has 1 heterocycles. The van der Waals surface area contributed by atoms with Gasteiger partial charge < -0.3 is 4.90 Å². The van der Waals surface area contributed by atoms with Crippen LogP contribution in [-0.2, 0) is 4.79 Å². The molecule has 17 heavy (non-hydrogen) atoms. The van der Waals surface area contributed by atoms with Crippen LogP contribution in [0.4, 0.5) is 0 Å². The van der Waals surface area contributed by atoms with Crippen molar-refractivity contribution in [2.24, 2.45) is 16.7 Å². The van der Waals surface area contributed by atoms with Crippen molar-refractivity contribution in [1.29, 1.82) is 0 Å². The number of carbonyl (C=O) groups is 1.